The maximum atomic E-state index is 13.7. The molecule has 1 fully saturated rings. The van der Waals surface area contributed by atoms with E-state index in [-0.39, 0.29) is 11.7 Å². The SMILES string of the molecule is COc1ccc(Nc2cc(C(=O)N3CCN(c4ccc(F)cc4)CC3)c3ccccc3n2)c(OC)c1. The van der Waals surface area contributed by atoms with E-state index in [0.717, 1.165) is 16.6 Å². The van der Waals surface area contributed by atoms with Crippen LogP contribution in [0.15, 0.2) is 72.8 Å². The summed E-state index contributed by atoms with van der Waals surface area (Å²) >= 11 is 0. The van der Waals surface area contributed by atoms with Gasteiger partial charge in [-0.25, -0.2) is 9.37 Å². The van der Waals surface area contributed by atoms with Gasteiger partial charge in [-0.2, -0.15) is 0 Å². The first kappa shape index (κ1) is 23.4. The Kier molecular flexibility index (Phi) is 6.58. The van der Waals surface area contributed by atoms with E-state index in [0.29, 0.717) is 54.7 Å². The number of para-hydroxylation sites is 1. The number of nitrogens with zero attached hydrogens (tertiary/aromatic N) is 3. The van der Waals surface area contributed by atoms with Crippen molar-refractivity contribution in [3.63, 3.8) is 0 Å². The second-order valence-electron chi connectivity index (χ2n) is 8.52. The van der Waals surface area contributed by atoms with E-state index < -0.39 is 0 Å². The average Bonchev–Trinajstić information content (AvgIpc) is 2.93. The lowest BCUT2D eigenvalue weighted by atomic mass is 10.1. The zero-order valence-corrected chi connectivity index (χ0v) is 20.2. The van der Waals surface area contributed by atoms with Crippen molar-refractivity contribution in [1.82, 2.24) is 9.88 Å². The first-order chi connectivity index (χ1) is 17.6. The molecule has 2 heterocycles. The van der Waals surface area contributed by atoms with Gasteiger partial charge in [0, 0.05) is 43.3 Å². The second kappa shape index (κ2) is 10.1. The third-order valence-corrected chi connectivity index (χ3v) is 6.38. The summed E-state index contributed by atoms with van der Waals surface area (Å²) in [5.41, 5.74) is 2.99. The molecule has 0 atom stereocenters. The average molecular weight is 487 g/mol. The molecule has 1 aliphatic heterocycles. The lowest BCUT2D eigenvalue weighted by Crippen LogP contribution is -2.48. The molecule has 1 aromatic heterocycles. The Balaban J connectivity index is 1.40. The first-order valence-electron chi connectivity index (χ1n) is 11.7. The third-order valence-electron chi connectivity index (χ3n) is 6.38. The van der Waals surface area contributed by atoms with Crippen LogP contribution in [0.1, 0.15) is 10.4 Å². The van der Waals surface area contributed by atoms with E-state index in [1.54, 1.807) is 38.5 Å². The maximum Gasteiger partial charge on any atom is 0.254 e. The van der Waals surface area contributed by atoms with Gasteiger partial charge < -0.3 is 24.6 Å². The molecule has 0 spiro atoms. The number of aromatic nitrogens is 1. The number of ether oxygens (including phenoxy) is 2. The first-order valence-corrected chi connectivity index (χ1v) is 11.7. The zero-order valence-electron chi connectivity index (χ0n) is 20.2. The summed E-state index contributed by atoms with van der Waals surface area (Å²) in [7, 11) is 3.19. The molecule has 1 saturated heterocycles. The van der Waals surface area contributed by atoms with Gasteiger partial charge in [-0.3, -0.25) is 4.79 Å². The molecule has 0 saturated carbocycles. The number of piperazine rings is 1. The maximum absolute atomic E-state index is 13.7. The fourth-order valence-electron chi connectivity index (χ4n) is 4.45. The molecule has 8 heteroatoms. The molecule has 1 aliphatic rings. The Labute approximate surface area is 209 Å². The summed E-state index contributed by atoms with van der Waals surface area (Å²) in [5, 5.41) is 4.10. The van der Waals surface area contributed by atoms with Crippen LogP contribution in [-0.2, 0) is 0 Å². The number of amides is 1. The highest BCUT2D eigenvalue weighted by molar-refractivity contribution is 6.07. The highest BCUT2D eigenvalue weighted by Crippen LogP contribution is 2.32. The number of carbonyl (C=O) groups is 1. The van der Waals surface area contributed by atoms with Gasteiger partial charge in [0.25, 0.3) is 5.91 Å². The minimum atomic E-state index is -0.256. The van der Waals surface area contributed by atoms with E-state index in [4.69, 9.17) is 14.5 Å². The van der Waals surface area contributed by atoms with Gasteiger partial charge in [0.1, 0.15) is 23.1 Å². The topological polar surface area (TPSA) is 66.9 Å². The Hall–Kier alpha value is -4.33. The zero-order chi connectivity index (χ0) is 25.1. The normalized spacial score (nSPS) is 13.5. The van der Waals surface area contributed by atoms with Crippen molar-refractivity contribution < 1.29 is 18.7 Å². The molecule has 4 aromatic rings. The third kappa shape index (κ3) is 4.75. The number of benzene rings is 3. The van der Waals surface area contributed by atoms with Gasteiger partial charge in [-0.15, -0.1) is 0 Å². The second-order valence-corrected chi connectivity index (χ2v) is 8.52. The Morgan fingerprint density at radius 3 is 2.39 bits per heavy atom. The summed E-state index contributed by atoms with van der Waals surface area (Å²) in [6.45, 7) is 2.49. The van der Waals surface area contributed by atoms with Crippen molar-refractivity contribution >= 4 is 34.0 Å². The van der Waals surface area contributed by atoms with Crippen molar-refractivity contribution in [3.05, 3.63) is 84.2 Å². The Morgan fingerprint density at radius 2 is 1.67 bits per heavy atom. The molecule has 7 nitrogen and oxygen atoms in total. The summed E-state index contributed by atoms with van der Waals surface area (Å²) < 4.78 is 24.1. The van der Waals surface area contributed by atoms with Gasteiger partial charge in [0.2, 0.25) is 0 Å². The largest absolute Gasteiger partial charge is 0.497 e. The lowest BCUT2D eigenvalue weighted by molar-refractivity contribution is 0.0748. The number of rotatable bonds is 6. The van der Waals surface area contributed by atoms with Crippen LogP contribution in [0.4, 0.5) is 21.6 Å². The standard InChI is InChI=1S/C28H27FN4O3/c1-35-21-11-12-25(26(17-21)36-2)31-27-18-23(22-5-3-4-6-24(22)30-27)28(34)33-15-13-32(14-16-33)20-9-7-19(29)8-10-20/h3-12,17-18H,13-16H2,1-2H3,(H,30,31). The highest BCUT2D eigenvalue weighted by Gasteiger charge is 2.24. The predicted octanol–water partition coefficient (Wildman–Crippen LogP) is 5.10. The van der Waals surface area contributed by atoms with Crippen LogP contribution in [0, 0.1) is 5.82 Å². The Bertz CT molecular complexity index is 1390. The van der Waals surface area contributed by atoms with Crippen LogP contribution in [0.5, 0.6) is 11.5 Å². The molecule has 1 N–H and O–H groups in total. The van der Waals surface area contributed by atoms with Gasteiger partial charge in [-0.1, -0.05) is 18.2 Å². The van der Waals surface area contributed by atoms with Crippen molar-refractivity contribution in [1.29, 1.82) is 0 Å². The number of halogens is 1. The van der Waals surface area contributed by atoms with Gasteiger partial charge in [-0.05, 0) is 48.5 Å². The highest BCUT2D eigenvalue weighted by atomic mass is 19.1. The summed E-state index contributed by atoms with van der Waals surface area (Å²) in [6.07, 6.45) is 0. The molecule has 0 bridgehead atoms. The number of carbonyl (C=O) groups excluding carboxylic acids is 1. The molecule has 0 aliphatic carbocycles. The lowest BCUT2D eigenvalue weighted by Gasteiger charge is -2.36. The quantitative estimate of drug-likeness (QED) is 0.409. The van der Waals surface area contributed by atoms with Gasteiger partial charge in [0.05, 0.1) is 31.0 Å². The molecule has 0 radical (unpaired) electrons. The van der Waals surface area contributed by atoms with Crippen LogP contribution in [0.25, 0.3) is 10.9 Å². The van der Waals surface area contributed by atoms with Gasteiger partial charge in [0.15, 0.2) is 0 Å². The van der Waals surface area contributed by atoms with Crippen LogP contribution in [0.2, 0.25) is 0 Å². The Morgan fingerprint density at radius 1 is 0.917 bits per heavy atom. The molecular weight excluding hydrogens is 459 g/mol. The number of nitrogens with one attached hydrogen (secondary N) is 1. The number of fused-ring (bicyclic) bond motifs is 1. The van der Waals surface area contributed by atoms with E-state index in [1.165, 1.54) is 12.1 Å². The monoisotopic (exact) mass is 486 g/mol. The summed E-state index contributed by atoms with van der Waals surface area (Å²) in [4.78, 5) is 22.4. The van der Waals surface area contributed by atoms with E-state index in [9.17, 15) is 9.18 Å². The van der Waals surface area contributed by atoms with E-state index in [2.05, 4.69) is 10.2 Å². The van der Waals surface area contributed by atoms with Crippen LogP contribution in [-0.4, -0.2) is 56.2 Å². The number of pyridine rings is 1. The van der Waals surface area contributed by atoms with E-state index >= 15 is 0 Å². The smallest absolute Gasteiger partial charge is 0.254 e. The van der Waals surface area contributed by atoms with Crippen LogP contribution < -0.4 is 19.7 Å². The van der Waals surface area contributed by atoms with Crippen molar-refractivity contribution in [2.24, 2.45) is 0 Å². The van der Waals surface area contributed by atoms with Crippen molar-refractivity contribution in [3.8, 4) is 11.5 Å². The molecular formula is C28H27FN4O3. The fourth-order valence-corrected chi connectivity index (χ4v) is 4.45. The van der Waals surface area contributed by atoms with Gasteiger partial charge >= 0.3 is 0 Å². The van der Waals surface area contributed by atoms with E-state index in [1.807, 2.05) is 41.3 Å². The van der Waals surface area contributed by atoms with Crippen LogP contribution >= 0.6 is 0 Å². The molecule has 1 amide bonds. The minimum Gasteiger partial charge on any atom is -0.497 e. The number of hydrogen-bond donors (Lipinski definition) is 1. The fraction of sp³-hybridized carbons (Fsp3) is 0.214. The number of hydrogen-bond acceptors (Lipinski definition) is 6. The molecule has 5 rings (SSSR count). The minimum absolute atomic E-state index is 0.0443. The molecule has 36 heavy (non-hydrogen) atoms. The summed E-state index contributed by atoms with van der Waals surface area (Å²) in [6, 6.07) is 21.4. The molecule has 184 valence electrons. The predicted molar refractivity (Wildman–Crippen MR) is 139 cm³/mol. The number of methoxy groups -OCH3 is 2. The van der Waals surface area contributed by atoms with Crippen molar-refractivity contribution in [2.45, 2.75) is 0 Å². The van der Waals surface area contributed by atoms with Crippen LogP contribution in [0.3, 0.4) is 0 Å². The molecule has 0 unspecified atom stereocenters. The number of anilines is 3. The van der Waals surface area contributed by atoms with Crippen molar-refractivity contribution in [2.75, 3.05) is 50.6 Å². The summed E-state index contributed by atoms with van der Waals surface area (Å²) in [5.74, 6) is 1.53. The molecule has 3 aromatic carbocycles.